The number of piperazine rings is 1. The summed E-state index contributed by atoms with van der Waals surface area (Å²) in [6.07, 6.45) is 5.34. The van der Waals surface area contributed by atoms with Crippen molar-refractivity contribution in [1.82, 2.24) is 9.80 Å². The lowest BCUT2D eigenvalue weighted by atomic mass is 9.89. The number of ketones is 1. The minimum atomic E-state index is -0.295. The number of piperidine rings is 1. The van der Waals surface area contributed by atoms with Gasteiger partial charge in [-0.05, 0) is 106 Å². The number of benzene rings is 4. The third-order valence-electron chi connectivity index (χ3n) is 10.5. The molecule has 0 saturated carbocycles. The molecule has 2 fully saturated rings. The largest absolute Gasteiger partial charge is 0.496 e. The Labute approximate surface area is 288 Å². The van der Waals surface area contributed by atoms with E-state index in [9.17, 15) is 9.18 Å². The minimum absolute atomic E-state index is 0.0459. The summed E-state index contributed by atoms with van der Waals surface area (Å²) in [5, 5.41) is 2.46. The number of ether oxygens (including phenoxy) is 1. The Morgan fingerprint density at radius 2 is 1.52 bits per heavy atom. The number of nitrogens with zero attached hydrogens (tertiary/aromatic N) is 4. The number of methoxy groups -OCH3 is 1. The number of hydrogen-bond donors (Lipinski definition) is 0. The number of aryl methyl sites for hydroxylation is 1. The quantitative estimate of drug-likeness (QED) is 0.114. The summed E-state index contributed by atoms with van der Waals surface area (Å²) in [5.41, 5.74) is 4.77. The number of rotatable bonds is 12. The highest BCUT2D eigenvalue weighted by Gasteiger charge is 2.27. The van der Waals surface area contributed by atoms with Crippen LogP contribution >= 0.6 is 11.8 Å². The lowest BCUT2D eigenvalue weighted by Crippen LogP contribution is -2.46. The molecule has 0 N–H and O–H groups in total. The summed E-state index contributed by atoms with van der Waals surface area (Å²) in [4.78, 5) is 24.4. The van der Waals surface area contributed by atoms with Crippen molar-refractivity contribution in [3.8, 4) is 5.75 Å². The molecular formula is C40H47FN4O2S. The molecule has 0 radical (unpaired) electrons. The van der Waals surface area contributed by atoms with Gasteiger partial charge >= 0.3 is 0 Å². The Morgan fingerprint density at radius 3 is 2.29 bits per heavy atom. The van der Waals surface area contributed by atoms with E-state index in [2.05, 4.69) is 74.2 Å². The molecule has 48 heavy (non-hydrogen) atoms. The first kappa shape index (κ1) is 32.9. The van der Waals surface area contributed by atoms with Crippen LogP contribution in [-0.4, -0.2) is 87.5 Å². The normalized spacial score (nSPS) is 17.6. The van der Waals surface area contributed by atoms with Crippen LogP contribution in [-0.2, 0) is 6.42 Å². The van der Waals surface area contributed by atoms with Crippen LogP contribution in [0.15, 0.2) is 83.8 Å². The minimum Gasteiger partial charge on any atom is -0.496 e. The second-order valence-electron chi connectivity index (χ2n) is 13.4. The molecule has 0 bridgehead atoms. The Kier molecular flexibility index (Phi) is 10.5. The van der Waals surface area contributed by atoms with E-state index in [4.69, 9.17) is 4.74 Å². The third-order valence-corrected chi connectivity index (χ3v) is 11.6. The Morgan fingerprint density at radius 1 is 0.792 bits per heavy atom. The van der Waals surface area contributed by atoms with Crippen molar-refractivity contribution in [3.05, 3.63) is 95.8 Å². The van der Waals surface area contributed by atoms with Gasteiger partial charge in [0.05, 0.1) is 18.7 Å². The third kappa shape index (κ3) is 7.51. The first-order chi connectivity index (χ1) is 23.6. The molecule has 3 aliphatic rings. The number of unbranched alkanes of at least 4 members (excludes halogenated alkanes) is 1. The maximum Gasteiger partial charge on any atom is 0.166 e. The maximum atomic E-state index is 13.3. The van der Waals surface area contributed by atoms with Crippen molar-refractivity contribution >= 4 is 39.7 Å². The van der Waals surface area contributed by atoms with E-state index in [0.717, 1.165) is 83.2 Å². The van der Waals surface area contributed by atoms with Gasteiger partial charge in [0.1, 0.15) is 11.6 Å². The van der Waals surface area contributed by atoms with E-state index in [1.54, 1.807) is 19.2 Å². The molecule has 6 nitrogen and oxygen atoms in total. The molecule has 0 atom stereocenters. The molecule has 0 unspecified atom stereocenters. The van der Waals surface area contributed by atoms with Crippen LogP contribution in [0, 0.1) is 11.7 Å². The predicted molar refractivity (Wildman–Crippen MR) is 196 cm³/mol. The first-order valence-electron chi connectivity index (χ1n) is 17.6. The first-order valence-corrected chi connectivity index (χ1v) is 18.6. The summed E-state index contributed by atoms with van der Waals surface area (Å²) in [6.45, 7) is 9.43. The van der Waals surface area contributed by atoms with Gasteiger partial charge in [-0.2, -0.15) is 0 Å². The summed E-state index contributed by atoms with van der Waals surface area (Å²) < 4.78 is 18.9. The molecule has 0 spiro atoms. The molecule has 0 aromatic heterocycles. The second-order valence-corrected chi connectivity index (χ2v) is 14.4. The fourth-order valence-electron chi connectivity index (χ4n) is 7.61. The van der Waals surface area contributed by atoms with E-state index in [1.165, 1.54) is 64.1 Å². The van der Waals surface area contributed by atoms with Crippen LogP contribution < -0.4 is 14.5 Å². The van der Waals surface area contributed by atoms with Crippen molar-refractivity contribution in [3.63, 3.8) is 0 Å². The Hall–Kier alpha value is -3.59. The van der Waals surface area contributed by atoms with Gasteiger partial charge in [0.25, 0.3) is 0 Å². The molecule has 7 rings (SSSR count). The molecule has 3 heterocycles. The number of carbonyl (C=O) groups excluding carboxylic acids is 1. The molecule has 4 aromatic carbocycles. The topological polar surface area (TPSA) is 39.3 Å². The number of anilines is 2. The van der Waals surface area contributed by atoms with Gasteiger partial charge in [-0.25, -0.2) is 4.39 Å². The van der Waals surface area contributed by atoms with E-state index in [0.29, 0.717) is 5.56 Å². The molecule has 4 aromatic rings. The van der Waals surface area contributed by atoms with Gasteiger partial charge in [0.15, 0.2) is 5.78 Å². The highest BCUT2D eigenvalue weighted by molar-refractivity contribution is 7.99. The van der Waals surface area contributed by atoms with Gasteiger partial charge in [0, 0.05) is 72.1 Å². The van der Waals surface area contributed by atoms with Crippen LogP contribution in [0.3, 0.4) is 0 Å². The van der Waals surface area contributed by atoms with Crippen molar-refractivity contribution in [2.75, 3.05) is 81.7 Å². The lowest BCUT2D eigenvalue weighted by molar-refractivity contribution is 0.0842. The summed E-state index contributed by atoms with van der Waals surface area (Å²) >= 11 is 1.96. The highest BCUT2D eigenvalue weighted by atomic mass is 32.2. The molecule has 8 heteroatoms. The van der Waals surface area contributed by atoms with Crippen molar-refractivity contribution < 1.29 is 13.9 Å². The predicted octanol–water partition coefficient (Wildman–Crippen LogP) is 7.60. The maximum absolute atomic E-state index is 13.3. The average molecular weight is 667 g/mol. The fourth-order valence-corrected chi connectivity index (χ4v) is 8.75. The number of Topliss-reactive ketones (excluding diaryl/α,β-unsaturated/α-hetero) is 1. The lowest BCUT2D eigenvalue weighted by Gasteiger charge is -2.36. The van der Waals surface area contributed by atoms with Gasteiger partial charge in [0.2, 0.25) is 0 Å². The molecule has 252 valence electrons. The zero-order valence-electron chi connectivity index (χ0n) is 28.1. The number of hydrogen-bond acceptors (Lipinski definition) is 7. The monoisotopic (exact) mass is 666 g/mol. The van der Waals surface area contributed by atoms with Crippen LogP contribution in [0.2, 0.25) is 0 Å². The van der Waals surface area contributed by atoms with Gasteiger partial charge < -0.3 is 19.4 Å². The Balaban J connectivity index is 0.814. The van der Waals surface area contributed by atoms with Crippen molar-refractivity contribution in [2.24, 2.45) is 5.92 Å². The van der Waals surface area contributed by atoms with Crippen molar-refractivity contribution in [2.45, 2.75) is 37.0 Å². The molecule has 3 aliphatic heterocycles. The van der Waals surface area contributed by atoms with Crippen LogP contribution in [0.1, 0.15) is 41.6 Å². The zero-order chi connectivity index (χ0) is 32.9. The van der Waals surface area contributed by atoms with Gasteiger partial charge in [-0.1, -0.05) is 30.3 Å². The standard InChI is InChI=1S/C40H47FN4O2S/c1-47-38-16-15-36(34-7-2-3-8-35(34)38)44-25-22-42(23-26-44)19-5-4-6-30-9-14-37-39(28-30)48-29-45(37)27-24-43-20-17-32(18-21-43)40(46)31-10-12-33(41)13-11-31/h2-3,7-16,28,32H,4-6,17-27,29H2,1H3. The van der Waals surface area contributed by atoms with E-state index in [-0.39, 0.29) is 17.5 Å². The second kappa shape index (κ2) is 15.3. The zero-order valence-corrected chi connectivity index (χ0v) is 28.9. The number of halogens is 1. The van der Waals surface area contributed by atoms with Gasteiger partial charge in [-0.15, -0.1) is 11.8 Å². The number of carbonyl (C=O) groups is 1. The van der Waals surface area contributed by atoms with E-state index < -0.39 is 0 Å². The van der Waals surface area contributed by atoms with Crippen molar-refractivity contribution in [1.29, 1.82) is 0 Å². The SMILES string of the molecule is COc1ccc(N2CCN(CCCCc3ccc4c(c3)SCN4CCN3CCC(C(=O)c4ccc(F)cc4)CC3)CC2)c2ccccc12. The average Bonchev–Trinajstić information content (AvgIpc) is 3.54. The fraction of sp³-hybridized carbons (Fsp3) is 0.425. The number of fused-ring (bicyclic) bond motifs is 2. The molecule has 0 amide bonds. The summed E-state index contributed by atoms with van der Waals surface area (Å²) in [7, 11) is 1.75. The molecular weight excluding hydrogens is 620 g/mol. The van der Waals surface area contributed by atoms with Crippen LogP contribution in [0.4, 0.5) is 15.8 Å². The summed E-state index contributed by atoms with van der Waals surface area (Å²) in [6, 6.07) is 26.0. The number of likely N-dealkylation sites (tertiary alicyclic amines) is 1. The van der Waals surface area contributed by atoms with Gasteiger partial charge in [-0.3, -0.25) is 9.69 Å². The molecule has 0 aliphatic carbocycles. The van der Waals surface area contributed by atoms with Crippen LogP contribution in [0.25, 0.3) is 10.8 Å². The Bertz CT molecular complexity index is 1700. The van der Waals surface area contributed by atoms with E-state index in [1.807, 2.05) is 11.8 Å². The van der Waals surface area contributed by atoms with Crippen LogP contribution in [0.5, 0.6) is 5.75 Å². The highest BCUT2D eigenvalue weighted by Crippen LogP contribution is 2.39. The molecule has 2 saturated heterocycles. The smallest absolute Gasteiger partial charge is 0.166 e. The summed E-state index contributed by atoms with van der Waals surface area (Å²) in [5.74, 6) is 1.86. The number of thioether (sulfide) groups is 1. The van der Waals surface area contributed by atoms with E-state index >= 15 is 0 Å².